The molecule has 0 aliphatic rings. The van der Waals surface area contributed by atoms with Crippen LogP contribution in [0.25, 0.3) is 10.9 Å². The number of Topliss-reactive ketones (excluding diaryl/α,β-unsaturated/α-hetero) is 1. The summed E-state index contributed by atoms with van der Waals surface area (Å²) in [7, 11) is 0. The molecule has 2 aromatic rings. The van der Waals surface area contributed by atoms with Crippen LogP contribution < -0.4 is 0 Å². The van der Waals surface area contributed by atoms with E-state index in [-0.39, 0.29) is 11.7 Å². The molecule has 0 N–H and O–H groups in total. The molecule has 0 fully saturated rings. The number of carbonyl (C=O) groups excluding carboxylic acids is 1. The molecule has 0 unspecified atom stereocenters. The zero-order chi connectivity index (χ0) is 12.6. The van der Waals surface area contributed by atoms with Crippen LogP contribution in [0, 0.1) is 12.8 Å². The second-order valence-electron chi connectivity index (χ2n) is 4.51. The summed E-state index contributed by atoms with van der Waals surface area (Å²) in [6.07, 6.45) is 0. The number of halogens is 1. The topological polar surface area (TPSA) is 30.0 Å². The average molecular weight is 248 g/mol. The van der Waals surface area contributed by atoms with Gasteiger partial charge in [0.25, 0.3) is 0 Å². The Morgan fingerprint density at radius 2 is 2.00 bits per heavy atom. The highest BCUT2D eigenvalue weighted by molar-refractivity contribution is 6.32. The van der Waals surface area contributed by atoms with Crippen molar-refractivity contribution >= 4 is 28.3 Å². The fourth-order valence-corrected chi connectivity index (χ4v) is 1.85. The van der Waals surface area contributed by atoms with Crippen molar-refractivity contribution in [2.45, 2.75) is 20.8 Å². The lowest BCUT2D eigenvalue weighted by molar-refractivity contribution is 0.0935. The first-order valence-corrected chi connectivity index (χ1v) is 5.98. The summed E-state index contributed by atoms with van der Waals surface area (Å²) in [5.41, 5.74) is 2.29. The van der Waals surface area contributed by atoms with Gasteiger partial charge in [0.05, 0.1) is 5.52 Å². The van der Waals surface area contributed by atoms with Crippen LogP contribution in [0.4, 0.5) is 0 Å². The Kier molecular flexibility index (Phi) is 3.16. The van der Waals surface area contributed by atoms with Crippen molar-refractivity contribution in [2.24, 2.45) is 5.92 Å². The standard InChI is InChI=1S/C14H14ClNO/c1-8(2)14(17)12-5-4-10-6-9(3)11(15)7-13(10)16-12/h4-8H,1-3H3. The van der Waals surface area contributed by atoms with Gasteiger partial charge in [-0.15, -0.1) is 0 Å². The van der Waals surface area contributed by atoms with E-state index in [4.69, 9.17) is 11.6 Å². The Labute approximate surface area is 106 Å². The van der Waals surface area contributed by atoms with Crippen molar-refractivity contribution in [3.05, 3.63) is 40.5 Å². The smallest absolute Gasteiger partial charge is 0.183 e. The average Bonchev–Trinajstić information content (AvgIpc) is 2.29. The number of carbonyl (C=O) groups is 1. The first kappa shape index (κ1) is 12.1. The van der Waals surface area contributed by atoms with Crippen LogP contribution in [0.15, 0.2) is 24.3 Å². The van der Waals surface area contributed by atoms with E-state index in [1.165, 1.54) is 0 Å². The largest absolute Gasteiger partial charge is 0.292 e. The summed E-state index contributed by atoms with van der Waals surface area (Å²) in [4.78, 5) is 16.2. The molecule has 0 aliphatic carbocycles. The molecule has 0 radical (unpaired) electrons. The van der Waals surface area contributed by atoms with Gasteiger partial charge in [0, 0.05) is 16.3 Å². The highest BCUT2D eigenvalue weighted by Gasteiger charge is 2.12. The summed E-state index contributed by atoms with van der Waals surface area (Å²) in [5, 5.41) is 1.69. The van der Waals surface area contributed by atoms with Crippen LogP contribution in [0.3, 0.4) is 0 Å². The molecule has 1 aromatic carbocycles. The van der Waals surface area contributed by atoms with E-state index >= 15 is 0 Å². The molecule has 0 amide bonds. The Bertz CT molecular complexity index is 590. The third kappa shape index (κ3) is 2.32. The number of aromatic nitrogens is 1. The third-order valence-corrected chi connectivity index (χ3v) is 3.15. The molecular formula is C14H14ClNO. The van der Waals surface area contributed by atoms with Crippen molar-refractivity contribution in [1.29, 1.82) is 0 Å². The SMILES string of the molecule is Cc1cc2ccc(C(=O)C(C)C)nc2cc1Cl. The predicted octanol–water partition coefficient (Wildman–Crippen LogP) is 4.04. The fraction of sp³-hybridized carbons (Fsp3) is 0.286. The lowest BCUT2D eigenvalue weighted by Gasteiger charge is -2.06. The van der Waals surface area contributed by atoms with Gasteiger partial charge in [-0.2, -0.15) is 0 Å². The Hall–Kier alpha value is -1.41. The van der Waals surface area contributed by atoms with Crippen molar-refractivity contribution in [2.75, 3.05) is 0 Å². The summed E-state index contributed by atoms with van der Waals surface area (Å²) < 4.78 is 0. The molecule has 17 heavy (non-hydrogen) atoms. The molecule has 0 saturated carbocycles. The van der Waals surface area contributed by atoms with Crippen LogP contribution in [0.5, 0.6) is 0 Å². The number of fused-ring (bicyclic) bond motifs is 1. The monoisotopic (exact) mass is 247 g/mol. The van der Waals surface area contributed by atoms with Crippen LogP contribution in [0.2, 0.25) is 5.02 Å². The molecule has 2 rings (SSSR count). The number of nitrogens with zero attached hydrogens (tertiary/aromatic N) is 1. The second-order valence-corrected chi connectivity index (χ2v) is 4.92. The molecule has 0 spiro atoms. The Morgan fingerprint density at radius 1 is 1.29 bits per heavy atom. The van der Waals surface area contributed by atoms with E-state index in [1.54, 1.807) is 6.07 Å². The number of hydrogen-bond donors (Lipinski definition) is 0. The minimum absolute atomic E-state index is 0.0409. The molecule has 0 atom stereocenters. The van der Waals surface area contributed by atoms with Crippen molar-refractivity contribution in [1.82, 2.24) is 4.98 Å². The molecule has 88 valence electrons. The van der Waals surface area contributed by atoms with E-state index in [1.807, 2.05) is 39.0 Å². The Morgan fingerprint density at radius 3 is 2.65 bits per heavy atom. The summed E-state index contributed by atoms with van der Waals surface area (Å²) in [6.45, 7) is 5.70. The molecule has 1 aromatic heterocycles. The van der Waals surface area contributed by atoms with Crippen LogP contribution >= 0.6 is 11.6 Å². The van der Waals surface area contributed by atoms with Crippen molar-refractivity contribution in [3.63, 3.8) is 0 Å². The number of benzene rings is 1. The quantitative estimate of drug-likeness (QED) is 0.750. The van der Waals surface area contributed by atoms with Gasteiger partial charge < -0.3 is 0 Å². The zero-order valence-electron chi connectivity index (χ0n) is 10.1. The predicted molar refractivity (Wildman–Crippen MR) is 70.7 cm³/mol. The third-order valence-electron chi connectivity index (χ3n) is 2.75. The van der Waals surface area contributed by atoms with E-state index in [9.17, 15) is 4.79 Å². The van der Waals surface area contributed by atoms with Gasteiger partial charge in [0.1, 0.15) is 5.69 Å². The number of ketones is 1. The van der Waals surface area contributed by atoms with Crippen molar-refractivity contribution < 1.29 is 4.79 Å². The lowest BCUT2D eigenvalue weighted by atomic mass is 10.0. The zero-order valence-corrected chi connectivity index (χ0v) is 10.9. The van der Waals surface area contributed by atoms with Gasteiger partial charge in [0.15, 0.2) is 5.78 Å². The maximum atomic E-state index is 11.8. The van der Waals surface area contributed by atoms with Gasteiger partial charge in [0.2, 0.25) is 0 Å². The number of hydrogen-bond acceptors (Lipinski definition) is 2. The number of pyridine rings is 1. The van der Waals surface area contributed by atoms with Crippen LogP contribution in [0.1, 0.15) is 29.9 Å². The molecular weight excluding hydrogens is 234 g/mol. The van der Waals surface area contributed by atoms with E-state index in [2.05, 4.69) is 4.98 Å². The molecule has 1 heterocycles. The summed E-state index contributed by atoms with van der Waals surface area (Å²) in [6, 6.07) is 7.48. The van der Waals surface area contributed by atoms with E-state index in [0.717, 1.165) is 16.5 Å². The highest BCUT2D eigenvalue weighted by atomic mass is 35.5. The van der Waals surface area contributed by atoms with Gasteiger partial charge in [-0.25, -0.2) is 4.98 Å². The maximum Gasteiger partial charge on any atom is 0.183 e. The van der Waals surface area contributed by atoms with Gasteiger partial charge in [-0.05, 0) is 30.7 Å². The number of aryl methyl sites for hydroxylation is 1. The highest BCUT2D eigenvalue weighted by Crippen LogP contribution is 2.22. The molecule has 0 aliphatic heterocycles. The van der Waals surface area contributed by atoms with Gasteiger partial charge in [-0.3, -0.25) is 4.79 Å². The van der Waals surface area contributed by atoms with E-state index < -0.39 is 0 Å². The minimum atomic E-state index is -0.0409. The second kappa shape index (κ2) is 4.46. The van der Waals surface area contributed by atoms with Gasteiger partial charge in [-0.1, -0.05) is 31.5 Å². The minimum Gasteiger partial charge on any atom is -0.292 e. The molecule has 0 bridgehead atoms. The Balaban J connectivity index is 2.58. The summed E-state index contributed by atoms with van der Waals surface area (Å²) >= 11 is 6.06. The maximum absolute atomic E-state index is 11.8. The van der Waals surface area contributed by atoms with Gasteiger partial charge >= 0.3 is 0 Å². The first-order valence-electron chi connectivity index (χ1n) is 5.60. The lowest BCUT2D eigenvalue weighted by Crippen LogP contribution is -2.09. The fourth-order valence-electron chi connectivity index (χ4n) is 1.69. The first-order chi connectivity index (χ1) is 7.99. The normalized spacial score (nSPS) is 11.1. The van der Waals surface area contributed by atoms with Crippen LogP contribution in [-0.2, 0) is 0 Å². The number of rotatable bonds is 2. The summed E-state index contributed by atoms with van der Waals surface area (Å²) in [5.74, 6) is 0.0180. The van der Waals surface area contributed by atoms with E-state index in [0.29, 0.717) is 10.7 Å². The van der Waals surface area contributed by atoms with Crippen LogP contribution in [-0.4, -0.2) is 10.8 Å². The molecule has 0 saturated heterocycles. The molecule has 3 heteroatoms. The van der Waals surface area contributed by atoms with Crippen molar-refractivity contribution in [3.8, 4) is 0 Å². The molecule has 2 nitrogen and oxygen atoms in total.